The van der Waals surface area contributed by atoms with Gasteiger partial charge in [-0.1, -0.05) is 55.5 Å². The Morgan fingerprint density at radius 1 is 1.00 bits per heavy atom. The summed E-state index contributed by atoms with van der Waals surface area (Å²) in [6, 6.07) is 23.4. The molecule has 8 nitrogen and oxygen atoms in total. The van der Waals surface area contributed by atoms with Gasteiger partial charge in [-0.25, -0.2) is 12.4 Å². The molecule has 9 heteroatoms. The van der Waals surface area contributed by atoms with E-state index in [-0.39, 0.29) is 18.2 Å². The number of amides is 1. The summed E-state index contributed by atoms with van der Waals surface area (Å²) in [5.41, 5.74) is 2.80. The molecule has 0 saturated heterocycles. The quantitative estimate of drug-likeness (QED) is 0.235. The van der Waals surface area contributed by atoms with Gasteiger partial charge in [-0.15, -0.1) is 0 Å². The number of aliphatic hydroxyl groups is 1. The van der Waals surface area contributed by atoms with Crippen LogP contribution in [0.3, 0.4) is 0 Å². The first-order valence-electron chi connectivity index (χ1n) is 13.0. The molecule has 1 aromatic heterocycles. The molecule has 4 aromatic rings. The van der Waals surface area contributed by atoms with Crippen LogP contribution in [0.5, 0.6) is 5.75 Å². The van der Waals surface area contributed by atoms with Crippen LogP contribution >= 0.6 is 0 Å². The number of fused-ring (bicyclic) bond motifs is 1. The van der Waals surface area contributed by atoms with Crippen LogP contribution in [-0.2, 0) is 23.0 Å². The van der Waals surface area contributed by atoms with Crippen LogP contribution in [-0.4, -0.2) is 55.0 Å². The van der Waals surface area contributed by atoms with Crippen molar-refractivity contribution in [3.63, 3.8) is 0 Å². The first kappa shape index (κ1) is 28.4. The molecular formula is C30H35N3O5S. The van der Waals surface area contributed by atoms with E-state index in [9.17, 15) is 18.3 Å². The van der Waals surface area contributed by atoms with E-state index in [4.69, 9.17) is 4.74 Å². The lowest BCUT2D eigenvalue weighted by molar-refractivity contribution is 0.0831. The van der Waals surface area contributed by atoms with Gasteiger partial charge in [-0.2, -0.15) is 0 Å². The molecule has 0 saturated carbocycles. The van der Waals surface area contributed by atoms with Crippen molar-refractivity contribution in [2.75, 3.05) is 19.4 Å². The number of hydrogen-bond donors (Lipinski definition) is 3. The van der Waals surface area contributed by atoms with Gasteiger partial charge in [0.1, 0.15) is 5.75 Å². The number of ether oxygens (including phenoxy) is 1. The normalized spacial score (nSPS) is 13.2. The van der Waals surface area contributed by atoms with Crippen LogP contribution < -0.4 is 15.4 Å². The number of rotatable bonds is 13. The molecule has 0 radical (unpaired) electrons. The molecule has 206 valence electrons. The molecule has 0 fully saturated rings. The van der Waals surface area contributed by atoms with Crippen LogP contribution in [0.4, 0.5) is 0 Å². The van der Waals surface area contributed by atoms with E-state index in [1.54, 1.807) is 31.4 Å². The van der Waals surface area contributed by atoms with E-state index in [1.807, 2.05) is 61.5 Å². The Morgan fingerprint density at radius 3 is 2.49 bits per heavy atom. The first-order valence-corrected chi connectivity index (χ1v) is 14.6. The molecule has 0 spiro atoms. The van der Waals surface area contributed by atoms with Crippen molar-refractivity contribution < 1.29 is 23.1 Å². The summed E-state index contributed by atoms with van der Waals surface area (Å²) in [5.74, 6) is 0.398. The van der Waals surface area contributed by atoms with E-state index in [2.05, 4.69) is 10.6 Å². The average molecular weight is 550 g/mol. The molecule has 39 heavy (non-hydrogen) atoms. The van der Waals surface area contributed by atoms with Gasteiger partial charge >= 0.3 is 0 Å². The number of methoxy groups -OCH3 is 1. The molecule has 0 aliphatic carbocycles. The number of nitrogens with zero attached hydrogens (tertiary/aromatic N) is 1. The second kappa shape index (κ2) is 12.9. The van der Waals surface area contributed by atoms with Crippen molar-refractivity contribution in [3.05, 3.63) is 102 Å². The van der Waals surface area contributed by atoms with Crippen molar-refractivity contribution in [2.24, 2.45) is 0 Å². The number of aliphatic hydroxyl groups excluding tert-OH is 1. The zero-order chi connectivity index (χ0) is 27.8. The van der Waals surface area contributed by atoms with Crippen LogP contribution in [0.15, 0.2) is 85.1 Å². The molecule has 0 bridgehead atoms. The van der Waals surface area contributed by atoms with Crippen LogP contribution in [0.2, 0.25) is 0 Å². The predicted molar refractivity (Wildman–Crippen MR) is 154 cm³/mol. The number of nitrogens with one attached hydrogen (secondary N) is 2. The Bertz CT molecular complexity index is 1500. The Labute approximate surface area is 229 Å². The average Bonchev–Trinajstić information content (AvgIpc) is 3.39. The van der Waals surface area contributed by atoms with Gasteiger partial charge < -0.3 is 20.5 Å². The van der Waals surface area contributed by atoms with E-state index >= 15 is 0 Å². The highest BCUT2D eigenvalue weighted by Gasteiger charge is 2.24. The summed E-state index contributed by atoms with van der Waals surface area (Å²) in [4.78, 5) is 13.5. The zero-order valence-corrected chi connectivity index (χ0v) is 23.0. The van der Waals surface area contributed by atoms with Gasteiger partial charge in [0.15, 0.2) is 0 Å². The lowest BCUT2D eigenvalue weighted by Crippen LogP contribution is -2.48. The highest BCUT2D eigenvalue weighted by Crippen LogP contribution is 2.23. The third kappa shape index (κ3) is 7.06. The van der Waals surface area contributed by atoms with Gasteiger partial charge in [0.2, 0.25) is 10.0 Å². The molecule has 1 heterocycles. The van der Waals surface area contributed by atoms with E-state index < -0.39 is 22.2 Å². The van der Waals surface area contributed by atoms with Crippen molar-refractivity contribution in [1.29, 1.82) is 0 Å². The Balaban J connectivity index is 1.52. The summed E-state index contributed by atoms with van der Waals surface area (Å²) in [5, 5.41) is 18.0. The van der Waals surface area contributed by atoms with Crippen molar-refractivity contribution >= 4 is 26.8 Å². The maximum absolute atomic E-state index is 13.5. The Kier molecular flexibility index (Phi) is 9.40. The second-order valence-electron chi connectivity index (χ2n) is 9.49. The molecule has 3 N–H and O–H groups in total. The number of benzene rings is 3. The monoisotopic (exact) mass is 549 g/mol. The maximum Gasteiger partial charge on any atom is 0.252 e. The van der Waals surface area contributed by atoms with E-state index in [0.717, 1.165) is 16.9 Å². The summed E-state index contributed by atoms with van der Waals surface area (Å²) in [6.07, 6.45) is 1.53. The standard InChI is InChI=1S/C30H35N3O5S/c1-3-17-39(36,37)33-16-15-25-26(13-8-14-28(25)33)30(35)32-27(19-22-9-5-4-6-10-22)29(34)21-31-20-23-11-7-12-24(18-23)38-2/h4-16,18,27,29,31,34H,3,17,19-21H2,1-2H3,(H,32,35)/t27-,29+/m0/s1. The summed E-state index contributed by atoms with van der Waals surface area (Å²) >= 11 is 0. The molecule has 0 unspecified atom stereocenters. The highest BCUT2D eigenvalue weighted by molar-refractivity contribution is 7.90. The molecule has 4 rings (SSSR count). The third-order valence-corrected chi connectivity index (χ3v) is 8.44. The zero-order valence-electron chi connectivity index (χ0n) is 22.2. The fourth-order valence-corrected chi connectivity index (χ4v) is 6.04. The number of hydrogen-bond acceptors (Lipinski definition) is 6. The minimum absolute atomic E-state index is 0.0152. The van der Waals surface area contributed by atoms with Gasteiger partial charge in [-0.3, -0.25) is 4.79 Å². The number of carbonyl (C=O) groups excluding carboxylic acids is 1. The van der Waals surface area contributed by atoms with Crippen LogP contribution in [0, 0.1) is 0 Å². The van der Waals surface area contributed by atoms with Crippen LogP contribution in [0.25, 0.3) is 10.9 Å². The number of aromatic nitrogens is 1. The lowest BCUT2D eigenvalue weighted by atomic mass is 10.00. The maximum atomic E-state index is 13.5. The molecular weight excluding hydrogens is 514 g/mol. The SMILES string of the molecule is CCCS(=O)(=O)n1ccc2c(C(=O)N[C@@H](Cc3ccccc3)[C@H](O)CNCc3cccc(OC)c3)cccc21. The van der Waals surface area contributed by atoms with Gasteiger partial charge in [-0.05, 0) is 54.3 Å². The Morgan fingerprint density at radius 2 is 1.74 bits per heavy atom. The topological polar surface area (TPSA) is 110 Å². The molecule has 2 atom stereocenters. The van der Waals surface area contributed by atoms with Crippen LogP contribution in [0.1, 0.15) is 34.8 Å². The van der Waals surface area contributed by atoms with Gasteiger partial charge in [0.25, 0.3) is 5.91 Å². The predicted octanol–water partition coefficient (Wildman–Crippen LogP) is 3.73. The van der Waals surface area contributed by atoms with E-state index in [0.29, 0.717) is 35.9 Å². The lowest BCUT2D eigenvalue weighted by Gasteiger charge is -2.25. The fraction of sp³-hybridized carbons (Fsp3) is 0.300. The van der Waals surface area contributed by atoms with Crippen molar-refractivity contribution in [2.45, 2.75) is 38.5 Å². The highest BCUT2D eigenvalue weighted by atomic mass is 32.2. The Hall–Kier alpha value is -3.66. The first-order chi connectivity index (χ1) is 18.8. The fourth-order valence-electron chi connectivity index (χ4n) is 4.63. The van der Waals surface area contributed by atoms with E-state index in [1.165, 1.54) is 10.2 Å². The summed E-state index contributed by atoms with van der Waals surface area (Å²) in [7, 11) is -1.90. The molecule has 3 aromatic carbocycles. The summed E-state index contributed by atoms with van der Waals surface area (Å²) < 4.78 is 31.9. The summed E-state index contributed by atoms with van der Waals surface area (Å²) in [6.45, 7) is 2.59. The minimum Gasteiger partial charge on any atom is -0.497 e. The number of carbonyl (C=O) groups is 1. The molecule has 0 aliphatic rings. The minimum atomic E-state index is -3.52. The smallest absolute Gasteiger partial charge is 0.252 e. The third-order valence-electron chi connectivity index (χ3n) is 6.60. The second-order valence-corrected chi connectivity index (χ2v) is 11.5. The van der Waals surface area contributed by atoms with Gasteiger partial charge in [0.05, 0.1) is 30.5 Å². The van der Waals surface area contributed by atoms with Crippen molar-refractivity contribution in [3.8, 4) is 5.75 Å². The van der Waals surface area contributed by atoms with Gasteiger partial charge in [0, 0.05) is 30.2 Å². The largest absolute Gasteiger partial charge is 0.497 e. The van der Waals surface area contributed by atoms with Crippen molar-refractivity contribution in [1.82, 2.24) is 14.6 Å². The molecule has 0 aliphatic heterocycles. The molecule has 1 amide bonds.